The highest BCUT2D eigenvalue weighted by Crippen LogP contribution is 2.27. The number of aryl methyl sites for hydroxylation is 1. The molecule has 0 saturated carbocycles. The first-order valence-corrected chi connectivity index (χ1v) is 7.59. The van der Waals surface area contributed by atoms with Crippen molar-refractivity contribution in [3.8, 4) is 6.07 Å². The third-order valence-corrected chi connectivity index (χ3v) is 4.71. The van der Waals surface area contributed by atoms with Gasteiger partial charge < -0.3 is 4.90 Å². The number of piperidine rings is 1. The Hall–Kier alpha value is -1.42. The molecule has 1 fully saturated rings. The lowest BCUT2D eigenvalue weighted by molar-refractivity contribution is -0.133. The maximum Gasteiger partial charge on any atom is 0.237 e. The van der Waals surface area contributed by atoms with Gasteiger partial charge in [-0.3, -0.25) is 9.59 Å². The van der Waals surface area contributed by atoms with Crippen LogP contribution in [0.4, 0.5) is 5.69 Å². The van der Waals surface area contributed by atoms with Crippen molar-refractivity contribution in [2.75, 3.05) is 11.4 Å². The third-order valence-electron chi connectivity index (χ3n) is 3.55. The summed E-state index contributed by atoms with van der Waals surface area (Å²) in [4.78, 5) is 25.9. The topological polar surface area (TPSA) is 61.2 Å². The summed E-state index contributed by atoms with van der Waals surface area (Å²) in [7, 11) is 0. The summed E-state index contributed by atoms with van der Waals surface area (Å²) in [5.74, 6) is -1.08. The highest BCUT2D eigenvalue weighted by molar-refractivity contribution is 14.1. The van der Waals surface area contributed by atoms with Crippen LogP contribution in [0, 0.1) is 27.7 Å². The molecule has 5 heteroatoms. The van der Waals surface area contributed by atoms with Crippen LogP contribution in [0.25, 0.3) is 0 Å². The Morgan fingerprint density at radius 1 is 1.55 bits per heavy atom. The van der Waals surface area contributed by atoms with E-state index in [0.29, 0.717) is 13.0 Å². The molecule has 20 heavy (non-hydrogen) atoms. The molecule has 1 aliphatic heterocycles. The van der Waals surface area contributed by atoms with Gasteiger partial charge in [-0.25, -0.2) is 0 Å². The van der Waals surface area contributed by atoms with Gasteiger partial charge in [0.2, 0.25) is 5.91 Å². The van der Waals surface area contributed by atoms with Gasteiger partial charge in [0.1, 0.15) is 0 Å². The molecule has 0 radical (unpaired) electrons. The Labute approximate surface area is 131 Å². The maximum absolute atomic E-state index is 12.4. The maximum atomic E-state index is 12.4. The Morgan fingerprint density at radius 2 is 2.30 bits per heavy atom. The highest BCUT2D eigenvalue weighted by Gasteiger charge is 2.34. The monoisotopic (exact) mass is 382 g/mol. The van der Waals surface area contributed by atoms with E-state index < -0.39 is 5.92 Å². The summed E-state index contributed by atoms with van der Waals surface area (Å²) in [6, 6.07) is 7.68. The normalized spacial score (nSPS) is 18.8. The summed E-state index contributed by atoms with van der Waals surface area (Å²) < 4.78 is 1.10. The first-order valence-electron chi connectivity index (χ1n) is 6.52. The fourth-order valence-corrected chi connectivity index (χ4v) is 2.88. The fourth-order valence-electron chi connectivity index (χ4n) is 2.38. The van der Waals surface area contributed by atoms with Crippen molar-refractivity contribution in [1.82, 2.24) is 0 Å². The number of benzene rings is 1. The zero-order valence-electron chi connectivity index (χ0n) is 11.2. The van der Waals surface area contributed by atoms with Crippen molar-refractivity contribution in [3.63, 3.8) is 0 Å². The smallest absolute Gasteiger partial charge is 0.237 e. The lowest BCUT2D eigenvalue weighted by atomic mass is 9.91. The van der Waals surface area contributed by atoms with Gasteiger partial charge in [0, 0.05) is 15.8 Å². The van der Waals surface area contributed by atoms with Gasteiger partial charge in [-0.05, 0) is 60.1 Å². The number of carbonyl (C=O) groups is 2. The van der Waals surface area contributed by atoms with E-state index in [1.165, 1.54) is 0 Å². The lowest BCUT2D eigenvalue weighted by Gasteiger charge is -2.31. The quantitative estimate of drug-likeness (QED) is 0.597. The van der Waals surface area contributed by atoms with Gasteiger partial charge in [-0.1, -0.05) is 6.07 Å². The van der Waals surface area contributed by atoms with E-state index in [1.807, 2.05) is 31.2 Å². The van der Waals surface area contributed by atoms with Gasteiger partial charge in [-0.2, -0.15) is 5.26 Å². The van der Waals surface area contributed by atoms with Crippen LogP contribution in [0.2, 0.25) is 0 Å². The van der Waals surface area contributed by atoms with Gasteiger partial charge in [-0.15, -0.1) is 0 Å². The van der Waals surface area contributed by atoms with Gasteiger partial charge in [0.25, 0.3) is 0 Å². The van der Waals surface area contributed by atoms with Crippen LogP contribution < -0.4 is 4.90 Å². The van der Waals surface area contributed by atoms with Gasteiger partial charge >= 0.3 is 0 Å². The fraction of sp³-hybridized carbons (Fsp3) is 0.400. The second-order valence-electron chi connectivity index (χ2n) is 4.92. The van der Waals surface area contributed by atoms with Crippen LogP contribution >= 0.6 is 22.6 Å². The molecule has 0 aromatic heterocycles. The molecular formula is C15H15IN2O2. The number of hydrogen-bond donors (Lipinski definition) is 0. The van der Waals surface area contributed by atoms with Crippen LogP contribution in [0.3, 0.4) is 0 Å². The zero-order valence-corrected chi connectivity index (χ0v) is 13.4. The average molecular weight is 382 g/mol. The number of rotatable bonds is 3. The van der Waals surface area contributed by atoms with E-state index in [1.54, 1.807) is 4.90 Å². The van der Waals surface area contributed by atoms with E-state index >= 15 is 0 Å². The molecule has 1 unspecified atom stereocenters. The number of nitriles is 1. The van der Waals surface area contributed by atoms with Gasteiger partial charge in [0.15, 0.2) is 5.78 Å². The Bertz CT molecular complexity index is 592. The summed E-state index contributed by atoms with van der Waals surface area (Å²) in [6.45, 7) is 2.65. The lowest BCUT2D eigenvalue weighted by Crippen LogP contribution is -2.44. The molecule has 1 saturated heterocycles. The largest absolute Gasteiger partial charge is 0.312 e. The van der Waals surface area contributed by atoms with Crippen molar-refractivity contribution >= 4 is 40.0 Å². The second-order valence-corrected chi connectivity index (χ2v) is 6.08. The Kier molecular flexibility index (Phi) is 4.76. The summed E-state index contributed by atoms with van der Waals surface area (Å²) in [5, 5.41) is 8.61. The third kappa shape index (κ3) is 3.01. The summed E-state index contributed by atoms with van der Waals surface area (Å²) in [6.07, 6.45) is 1.16. The predicted octanol–water partition coefficient (Wildman–Crippen LogP) is 2.83. The second kappa shape index (κ2) is 6.35. The number of hydrogen-bond acceptors (Lipinski definition) is 3. The minimum Gasteiger partial charge on any atom is -0.312 e. The molecule has 0 bridgehead atoms. The number of halogens is 1. The molecule has 1 aromatic rings. The Morgan fingerprint density at radius 3 is 2.95 bits per heavy atom. The summed E-state index contributed by atoms with van der Waals surface area (Å²) in [5.41, 5.74) is 2.00. The van der Waals surface area contributed by atoms with E-state index in [-0.39, 0.29) is 18.1 Å². The predicted molar refractivity (Wildman–Crippen MR) is 84.2 cm³/mol. The number of carbonyl (C=O) groups excluding carboxylic acids is 2. The molecule has 104 valence electrons. The number of Topliss-reactive ketones (excluding diaryl/α,β-unsaturated/α-hetero) is 1. The van der Waals surface area contributed by atoms with Crippen LogP contribution in [-0.4, -0.2) is 18.2 Å². The van der Waals surface area contributed by atoms with Crippen molar-refractivity contribution in [3.05, 3.63) is 27.3 Å². The molecule has 0 spiro atoms. The zero-order chi connectivity index (χ0) is 14.7. The number of anilines is 1. The number of nitrogens with zero attached hydrogens (tertiary/aromatic N) is 2. The molecule has 4 nitrogen and oxygen atoms in total. The number of ketones is 1. The summed E-state index contributed by atoms with van der Waals surface area (Å²) >= 11 is 2.24. The van der Waals surface area contributed by atoms with Crippen molar-refractivity contribution < 1.29 is 9.59 Å². The first-order chi connectivity index (χ1) is 9.54. The standard InChI is InChI=1S/C15H15IN2O2/c1-10-4-5-11(9-13(10)16)18-8-2-3-12(15(18)20)14(19)6-7-17/h4-5,9,12H,2-3,6,8H2,1H3. The minimum absolute atomic E-state index is 0.170. The van der Waals surface area contributed by atoms with Gasteiger partial charge in [0.05, 0.1) is 18.4 Å². The first kappa shape index (κ1) is 15.0. The molecule has 1 atom stereocenters. The van der Waals surface area contributed by atoms with E-state index in [2.05, 4.69) is 22.6 Å². The van der Waals surface area contributed by atoms with Crippen molar-refractivity contribution in [2.24, 2.45) is 5.92 Å². The molecule has 1 aliphatic rings. The molecule has 2 rings (SSSR count). The van der Waals surface area contributed by atoms with Crippen molar-refractivity contribution in [2.45, 2.75) is 26.2 Å². The van der Waals surface area contributed by atoms with E-state index in [0.717, 1.165) is 21.2 Å². The van der Waals surface area contributed by atoms with Crippen LogP contribution in [0.1, 0.15) is 24.8 Å². The minimum atomic E-state index is -0.651. The molecule has 1 heterocycles. The molecule has 1 amide bonds. The Balaban J connectivity index is 2.24. The van der Waals surface area contributed by atoms with Crippen LogP contribution in [0.15, 0.2) is 18.2 Å². The highest BCUT2D eigenvalue weighted by atomic mass is 127. The van der Waals surface area contributed by atoms with Crippen LogP contribution in [-0.2, 0) is 9.59 Å². The SMILES string of the molecule is Cc1ccc(N2CCCC(C(=O)CC#N)C2=O)cc1I. The van der Waals surface area contributed by atoms with E-state index in [9.17, 15) is 9.59 Å². The molecule has 1 aromatic carbocycles. The average Bonchev–Trinajstić information content (AvgIpc) is 2.42. The van der Waals surface area contributed by atoms with Crippen molar-refractivity contribution in [1.29, 1.82) is 5.26 Å². The van der Waals surface area contributed by atoms with Crippen LogP contribution in [0.5, 0.6) is 0 Å². The van der Waals surface area contributed by atoms with E-state index in [4.69, 9.17) is 5.26 Å². The number of amides is 1. The molecule has 0 aliphatic carbocycles. The molecule has 0 N–H and O–H groups in total. The molecular weight excluding hydrogens is 367 g/mol.